The highest BCUT2D eigenvalue weighted by molar-refractivity contribution is 6.01. The quantitative estimate of drug-likeness (QED) is 0.539. The maximum atomic E-state index is 12.3. The molecule has 2 fully saturated rings. The molecule has 2 rings (SSSR count). The molecular formula is C14H21NO5. The van der Waals surface area contributed by atoms with E-state index in [1.54, 1.807) is 25.7 Å². The lowest BCUT2D eigenvalue weighted by atomic mass is 9.89. The van der Waals surface area contributed by atoms with E-state index >= 15 is 0 Å². The van der Waals surface area contributed by atoms with Gasteiger partial charge in [-0.2, -0.15) is 0 Å². The molecule has 3 atom stereocenters. The number of hydrogen-bond acceptors (Lipinski definition) is 5. The van der Waals surface area contributed by atoms with E-state index in [1.165, 1.54) is 7.11 Å². The first-order valence-corrected chi connectivity index (χ1v) is 6.86. The Labute approximate surface area is 118 Å². The average molecular weight is 283 g/mol. The van der Waals surface area contributed by atoms with Crippen molar-refractivity contribution in [3.05, 3.63) is 0 Å². The summed E-state index contributed by atoms with van der Waals surface area (Å²) in [5, 5.41) is 0. The van der Waals surface area contributed by atoms with Crippen molar-refractivity contribution in [1.82, 2.24) is 4.90 Å². The van der Waals surface area contributed by atoms with Crippen LogP contribution in [0.2, 0.25) is 0 Å². The van der Waals surface area contributed by atoms with Crippen molar-refractivity contribution >= 4 is 17.8 Å². The van der Waals surface area contributed by atoms with Crippen LogP contribution in [0.4, 0.5) is 4.79 Å². The van der Waals surface area contributed by atoms with E-state index in [2.05, 4.69) is 0 Å². The molecular weight excluding hydrogens is 262 g/mol. The Kier molecular flexibility index (Phi) is 3.75. The number of nitrogens with zero attached hydrogens (tertiary/aromatic N) is 1. The Morgan fingerprint density at radius 1 is 1.25 bits per heavy atom. The zero-order valence-electron chi connectivity index (χ0n) is 12.3. The van der Waals surface area contributed by atoms with Crippen molar-refractivity contribution < 1.29 is 23.9 Å². The number of carbonyl (C=O) groups is 3. The van der Waals surface area contributed by atoms with E-state index in [-0.39, 0.29) is 18.2 Å². The van der Waals surface area contributed by atoms with Crippen LogP contribution in [0.15, 0.2) is 0 Å². The summed E-state index contributed by atoms with van der Waals surface area (Å²) >= 11 is 0. The molecule has 6 heteroatoms. The van der Waals surface area contributed by atoms with Gasteiger partial charge in [0.15, 0.2) is 5.78 Å². The number of ether oxygens (including phenoxy) is 2. The number of esters is 1. The third kappa shape index (κ3) is 2.64. The van der Waals surface area contributed by atoms with E-state index in [4.69, 9.17) is 9.47 Å². The standard InChI is InChI=1S/C14H21NO5/c1-14(2,3)20-13(18)15-8-5-6-9(15)11(10(16)7-8)12(17)19-4/h8-9,11H,5-7H2,1-4H3/t8-,9-,11-/m1/s1. The first-order valence-electron chi connectivity index (χ1n) is 6.86. The van der Waals surface area contributed by atoms with E-state index in [0.29, 0.717) is 6.42 Å². The highest BCUT2D eigenvalue weighted by Gasteiger charge is 2.53. The number of amides is 1. The second-order valence-corrected chi connectivity index (χ2v) is 6.36. The third-order valence-corrected chi connectivity index (χ3v) is 3.77. The molecule has 0 aromatic carbocycles. The Hall–Kier alpha value is -1.59. The van der Waals surface area contributed by atoms with Crippen molar-refractivity contribution in [3.63, 3.8) is 0 Å². The minimum atomic E-state index is -0.869. The lowest BCUT2D eigenvalue weighted by Crippen LogP contribution is -2.55. The molecule has 0 unspecified atom stereocenters. The molecule has 0 saturated carbocycles. The minimum absolute atomic E-state index is 0.135. The molecule has 0 aromatic rings. The second-order valence-electron chi connectivity index (χ2n) is 6.36. The van der Waals surface area contributed by atoms with Gasteiger partial charge in [0.25, 0.3) is 0 Å². The van der Waals surface area contributed by atoms with Crippen molar-refractivity contribution in [2.24, 2.45) is 5.92 Å². The zero-order chi connectivity index (χ0) is 15.1. The van der Waals surface area contributed by atoms with Gasteiger partial charge in [-0.25, -0.2) is 4.79 Å². The molecule has 2 aliphatic heterocycles. The van der Waals surface area contributed by atoms with Gasteiger partial charge in [-0.3, -0.25) is 9.59 Å². The second kappa shape index (κ2) is 5.07. The van der Waals surface area contributed by atoms with Crippen molar-refractivity contribution in [2.75, 3.05) is 7.11 Å². The number of hydrogen-bond donors (Lipinski definition) is 0. The summed E-state index contributed by atoms with van der Waals surface area (Å²) in [6, 6.07) is -0.577. The third-order valence-electron chi connectivity index (χ3n) is 3.77. The van der Waals surface area contributed by atoms with Crippen LogP contribution in [0.3, 0.4) is 0 Å². The van der Waals surface area contributed by atoms with Gasteiger partial charge < -0.3 is 14.4 Å². The van der Waals surface area contributed by atoms with Crippen LogP contribution in [-0.2, 0) is 19.1 Å². The fourth-order valence-corrected chi connectivity index (χ4v) is 3.03. The van der Waals surface area contributed by atoms with Gasteiger partial charge >= 0.3 is 12.1 Å². The van der Waals surface area contributed by atoms with E-state index in [9.17, 15) is 14.4 Å². The number of carbonyl (C=O) groups excluding carboxylic acids is 3. The lowest BCUT2D eigenvalue weighted by molar-refractivity contribution is -0.154. The van der Waals surface area contributed by atoms with Crippen LogP contribution < -0.4 is 0 Å². The molecule has 0 aromatic heterocycles. The summed E-state index contributed by atoms with van der Waals surface area (Å²) in [7, 11) is 1.26. The summed E-state index contributed by atoms with van der Waals surface area (Å²) in [6.07, 6.45) is 1.11. The highest BCUT2D eigenvalue weighted by Crippen LogP contribution is 2.38. The van der Waals surface area contributed by atoms with Gasteiger partial charge in [0.1, 0.15) is 11.5 Å². The summed E-state index contributed by atoms with van der Waals surface area (Å²) in [4.78, 5) is 37.7. The SMILES string of the molecule is COC(=O)[C@H]1C(=O)C[C@H]2CC[C@H]1N2C(=O)OC(C)(C)C. The largest absolute Gasteiger partial charge is 0.468 e. The molecule has 0 aliphatic carbocycles. The molecule has 2 saturated heterocycles. The van der Waals surface area contributed by atoms with Crippen molar-refractivity contribution in [3.8, 4) is 0 Å². The number of rotatable bonds is 1. The summed E-state index contributed by atoms with van der Waals surface area (Å²) in [5.74, 6) is -1.57. The fraction of sp³-hybridized carbons (Fsp3) is 0.786. The van der Waals surface area contributed by atoms with Crippen LogP contribution in [0.1, 0.15) is 40.0 Å². The number of fused-ring (bicyclic) bond motifs is 2. The molecule has 0 radical (unpaired) electrons. The van der Waals surface area contributed by atoms with Crippen LogP contribution in [0, 0.1) is 5.92 Å². The predicted octanol–water partition coefficient (Wildman–Crippen LogP) is 1.52. The van der Waals surface area contributed by atoms with Gasteiger partial charge in [-0.05, 0) is 33.6 Å². The Bertz CT molecular complexity index is 439. The first-order chi connectivity index (χ1) is 9.24. The molecule has 0 spiro atoms. The van der Waals surface area contributed by atoms with Gasteiger partial charge in [-0.15, -0.1) is 0 Å². The number of Topliss-reactive ketones (excluding diaryl/α,β-unsaturated/α-hetero) is 1. The zero-order valence-corrected chi connectivity index (χ0v) is 12.3. The van der Waals surface area contributed by atoms with E-state index < -0.39 is 29.6 Å². The molecule has 2 heterocycles. The van der Waals surface area contributed by atoms with Gasteiger partial charge in [0.2, 0.25) is 0 Å². The topological polar surface area (TPSA) is 72.9 Å². The summed E-state index contributed by atoms with van der Waals surface area (Å²) < 4.78 is 10.1. The predicted molar refractivity (Wildman–Crippen MR) is 70.0 cm³/mol. The van der Waals surface area contributed by atoms with Gasteiger partial charge in [0.05, 0.1) is 13.2 Å². The maximum Gasteiger partial charge on any atom is 0.410 e. The molecule has 1 amide bonds. The summed E-state index contributed by atoms with van der Waals surface area (Å²) in [6.45, 7) is 5.37. The highest BCUT2D eigenvalue weighted by atomic mass is 16.6. The first kappa shape index (κ1) is 14.8. The number of methoxy groups -OCH3 is 1. The van der Waals surface area contributed by atoms with Crippen molar-refractivity contribution in [1.29, 1.82) is 0 Å². The Morgan fingerprint density at radius 3 is 2.45 bits per heavy atom. The van der Waals surface area contributed by atoms with E-state index in [0.717, 1.165) is 6.42 Å². The van der Waals surface area contributed by atoms with Crippen molar-refractivity contribution in [2.45, 2.75) is 57.7 Å². The number of piperidine rings is 1. The van der Waals surface area contributed by atoms with Crippen LogP contribution >= 0.6 is 0 Å². The number of ketones is 1. The normalized spacial score (nSPS) is 29.3. The monoisotopic (exact) mass is 283 g/mol. The summed E-state index contributed by atoms with van der Waals surface area (Å²) in [5.41, 5.74) is -0.598. The smallest absolute Gasteiger partial charge is 0.410 e. The maximum absolute atomic E-state index is 12.3. The lowest BCUT2D eigenvalue weighted by Gasteiger charge is -2.38. The average Bonchev–Trinajstić information content (AvgIpc) is 2.63. The van der Waals surface area contributed by atoms with Crippen LogP contribution in [-0.4, -0.2) is 47.5 Å². The fourth-order valence-electron chi connectivity index (χ4n) is 3.03. The van der Waals surface area contributed by atoms with Gasteiger partial charge in [-0.1, -0.05) is 0 Å². The van der Waals surface area contributed by atoms with Crippen LogP contribution in [0.25, 0.3) is 0 Å². The molecule has 20 heavy (non-hydrogen) atoms. The Balaban J connectivity index is 2.21. The van der Waals surface area contributed by atoms with Crippen LogP contribution in [0.5, 0.6) is 0 Å². The minimum Gasteiger partial charge on any atom is -0.468 e. The molecule has 2 bridgehead atoms. The van der Waals surface area contributed by atoms with E-state index in [1.807, 2.05) is 0 Å². The molecule has 2 aliphatic rings. The molecule has 0 N–H and O–H groups in total. The van der Waals surface area contributed by atoms with Gasteiger partial charge in [0, 0.05) is 12.5 Å². The Morgan fingerprint density at radius 2 is 1.90 bits per heavy atom. The molecule has 112 valence electrons. The molecule has 6 nitrogen and oxygen atoms in total.